The molecule has 0 amide bonds. The van der Waals surface area contributed by atoms with Crippen LogP contribution in [0.5, 0.6) is 0 Å². The summed E-state index contributed by atoms with van der Waals surface area (Å²) in [6.07, 6.45) is -4.51. The first-order chi connectivity index (χ1) is 14.6. The van der Waals surface area contributed by atoms with Gasteiger partial charge < -0.3 is 28.5 Å². The first-order valence-electron chi connectivity index (χ1n) is 9.76. The zero-order chi connectivity index (χ0) is 22.9. The Morgan fingerprint density at radius 1 is 1.03 bits per heavy atom. The number of carbonyl (C=O) groups is 4. The van der Waals surface area contributed by atoms with Crippen LogP contribution in [-0.4, -0.2) is 78.2 Å². The zero-order valence-corrected chi connectivity index (χ0v) is 18.2. The molecule has 31 heavy (non-hydrogen) atoms. The van der Waals surface area contributed by atoms with Gasteiger partial charge in [-0.2, -0.15) is 0 Å². The van der Waals surface area contributed by atoms with Crippen LogP contribution in [0.15, 0.2) is 5.16 Å². The van der Waals surface area contributed by atoms with Crippen LogP contribution in [0, 0.1) is 5.92 Å². The number of oxime groups is 1. The lowest BCUT2D eigenvalue weighted by Gasteiger charge is -2.56. The standard InChI is InChI=1S/C19H24ClNO10/c1-7(22)26-6-13(27-8(2)23)18-19-16(28-9(3)24)11-5-12(29-19)17(30-18)14(20)15(11)21-31-10(4)25/h11-14,16-19H,5-6H2,1-4H3/b21-15-/t11-,12+,13-,14-,16+,17+,18-,19-/m1/s1. The summed E-state index contributed by atoms with van der Waals surface area (Å²) < 4.78 is 28.2. The predicted octanol–water partition coefficient (Wildman–Crippen LogP) is 0.494. The maximum absolute atomic E-state index is 11.8. The molecule has 2 saturated heterocycles. The van der Waals surface area contributed by atoms with E-state index in [9.17, 15) is 19.2 Å². The highest BCUT2D eigenvalue weighted by Gasteiger charge is 2.61. The summed E-state index contributed by atoms with van der Waals surface area (Å²) in [6, 6.07) is 0. The molecule has 0 radical (unpaired) electrons. The molecule has 0 aromatic carbocycles. The Labute approximate surface area is 183 Å². The molecule has 1 aliphatic carbocycles. The Morgan fingerprint density at radius 3 is 2.32 bits per heavy atom. The van der Waals surface area contributed by atoms with Gasteiger partial charge in [0.25, 0.3) is 0 Å². The number of carbonyl (C=O) groups excluding carboxylic acids is 4. The van der Waals surface area contributed by atoms with Crippen molar-refractivity contribution in [2.24, 2.45) is 11.1 Å². The molecule has 0 unspecified atom stereocenters. The van der Waals surface area contributed by atoms with Crippen molar-refractivity contribution in [2.45, 2.75) is 76.1 Å². The van der Waals surface area contributed by atoms with Crippen molar-refractivity contribution >= 4 is 41.2 Å². The number of rotatable bonds is 6. The average molecular weight is 462 g/mol. The molecule has 0 aromatic rings. The molecular formula is C19H24ClNO10. The second-order valence-corrected chi connectivity index (χ2v) is 8.04. The van der Waals surface area contributed by atoms with E-state index in [-0.39, 0.29) is 6.61 Å². The molecule has 3 aliphatic rings. The molecule has 3 fully saturated rings. The molecule has 3 rings (SSSR count). The fourth-order valence-electron chi connectivity index (χ4n) is 4.17. The van der Waals surface area contributed by atoms with Crippen LogP contribution in [0.2, 0.25) is 0 Å². The van der Waals surface area contributed by atoms with Crippen LogP contribution in [0.1, 0.15) is 34.1 Å². The Hall–Kier alpha value is -2.24. The second kappa shape index (κ2) is 9.49. The zero-order valence-electron chi connectivity index (χ0n) is 17.4. The highest BCUT2D eigenvalue weighted by Crippen LogP contribution is 2.46. The summed E-state index contributed by atoms with van der Waals surface area (Å²) in [5.41, 5.74) is 0.306. The molecule has 8 atom stereocenters. The quantitative estimate of drug-likeness (QED) is 0.181. The molecular weight excluding hydrogens is 438 g/mol. The molecule has 12 heteroatoms. The third kappa shape index (κ3) is 5.16. The van der Waals surface area contributed by atoms with Gasteiger partial charge in [-0.3, -0.25) is 14.4 Å². The Morgan fingerprint density at radius 2 is 1.74 bits per heavy atom. The Kier molecular flexibility index (Phi) is 7.17. The highest BCUT2D eigenvalue weighted by atomic mass is 35.5. The lowest BCUT2D eigenvalue weighted by atomic mass is 9.72. The van der Waals surface area contributed by atoms with Crippen molar-refractivity contribution in [3.05, 3.63) is 0 Å². The number of fused-ring (bicyclic) bond motifs is 2. The maximum Gasteiger partial charge on any atom is 0.331 e. The molecule has 3 bridgehead atoms. The van der Waals surface area contributed by atoms with Crippen LogP contribution in [0.4, 0.5) is 0 Å². The van der Waals surface area contributed by atoms with Crippen molar-refractivity contribution < 1.29 is 47.7 Å². The average Bonchev–Trinajstić information content (AvgIpc) is 2.66. The van der Waals surface area contributed by atoms with Gasteiger partial charge in [0.1, 0.15) is 36.4 Å². The summed E-state index contributed by atoms with van der Waals surface area (Å²) in [5.74, 6) is -2.91. The first-order valence-corrected chi connectivity index (χ1v) is 10.2. The van der Waals surface area contributed by atoms with E-state index in [2.05, 4.69) is 5.16 Å². The number of hydrogen-bond acceptors (Lipinski definition) is 11. The minimum Gasteiger partial charge on any atom is -0.462 e. The fourth-order valence-corrected chi connectivity index (χ4v) is 4.60. The van der Waals surface area contributed by atoms with E-state index in [1.165, 1.54) is 27.7 Å². The number of ether oxygens (including phenoxy) is 5. The van der Waals surface area contributed by atoms with Gasteiger partial charge in [0.2, 0.25) is 0 Å². The molecule has 2 aliphatic heterocycles. The Balaban J connectivity index is 1.97. The molecule has 0 spiro atoms. The van der Waals surface area contributed by atoms with E-state index >= 15 is 0 Å². The summed E-state index contributed by atoms with van der Waals surface area (Å²) in [4.78, 5) is 50.9. The minimum absolute atomic E-state index is 0.282. The van der Waals surface area contributed by atoms with Crippen molar-refractivity contribution in [3.8, 4) is 0 Å². The van der Waals surface area contributed by atoms with Crippen molar-refractivity contribution in [3.63, 3.8) is 0 Å². The summed E-state index contributed by atoms with van der Waals surface area (Å²) in [7, 11) is 0. The molecule has 0 aromatic heterocycles. The number of esters is 3. The van der Waals surface area contributed by atoms with Gasteiger partial charge in [-0.05, 0) is 6.42 Å². The SMILES string of the molecule is CC(=O)OC[C@@H](OC(C)=O)[C@H]1O[C@H]2[C@@H]3C[C@H](/C(=N/OC(C)=O)[C@H]2Cl)[C@H](OC(C)=O)[C@H]1O3. The Bertz CT molecular complexity index is 786. The van der Waals surface area contributed by atoms with Crippen LogP contribution in [0.25, 0.3) is 0 Å². The maximum atomic E-state index is 11.8. The third-order valence-corrected chi connectivity index (χ3v) is 5.68. The normalized spacial score (nSPS) is 35.8. The van der Waals surface area contributed by atoms with Gasteiger partial charge in [-0.15, -0.1) is 11.6 Å². The predicted molar refractivity (Wildman–Crippen MR) is 102 cm³/mol. The van der Waals surface area contributed by atoms with Crippen LogP contribution >= 0.6 is 11.6 Å². The van der Waals surface area contributed by atoms with E-state index < -0.39 is 71.8 Å². The summed E-state index contributed by atoms with van der Waals surface area (Å²) in [6.45, 7) is 4.58. The summed E-state index contributed by atoms with van der Waals surface area (Å²) in [5, 5.41) is 3.03. The van der Waals surface area contributed by atoms with Crippen LogP contribution < -0.4 is 0 Å². The number of halogens is 1. The van der Waals surface area contributed by atoms with Crippen molar-refractivity contribution in [1.82, 2.24) is 0 Å². The topological polar surface area (TPSA) is 136 Å². The lowest BCUT2D eigenvalue weighted by Crippen LogP contribution is -2.71. The van der Waals surface area contributed by atoms with Gasteiger partial charge in [0, 0.05) is 33.6 Å². The van der Waals surface area contributed by atoms with E-state index in [0.29, 0.717) is 12.1 Å². The smallest absolute Gasteiger partial charge is 0.331 e. The summed E-state index contributed by atoms with van der Waals surface area (Å²) >= 11 is 6.60. The highest BCUT2D eigenvalue weighted by molar-refractivity contribution is 6.33. The van der Waals surface area contributed by atoms with Gasteiger partial charge in [0.05, 0.1) is 11.8 Å². The van der Waals surface area contributed by atoms with Gasteiger partial charge in [0.15, 0.2) is 6.10 Å². The van der Waals surface area contributed by atoms with Crippen LogP contribution in [-0.2, 0) is 47.7 Å². The molecule has 172 valence electrons. The van der Waals surface area contributed by atoms with E-state index in [0.717, 1.165) is 0 Å². The van der Waals surface area contributed by atoms with Crippen molar-refractivity contribution in [1.29, 1.82) is 0 Å². The molecule has 2 heterocycles. The van der Waals surface area contributed by atoms with E-state index in [1.807, 2.05) is 0 Å². The number of nitrogens with zero attached hydrogens (tertiary/aromatic N) is 1. The molecule has 11 nitrogen and oxygen atoms in total. The fraction of sp³-hybridized carbons (Fsp3) is 0.737. The van der Waals surface area contributed by atoms with Crippen LogP contribution in [0.3, 0.4) is 0 Å². The van der Waals surface area contributed by atoms with Gasteiger partial charge in [-0.25, -0.2) is 4.79 Å². The minimum atomic E-state index is -1.03. The second-order valence-electron chi connectivity index (χ2n) is 7.57. The first kappa shape index (κ1) is 23.4. The number of alkyl halides is 1. The van der Waals surface area contributed by atoms with Gasteiger partial charge >= 0.3 is 23.9 Å². The van der Waals surface area contributed by atoms with Gasteiger partial charge in [-0.1, -0.05) is 5.16 Å². The van der Waals surface area contributed by atoms with E-state index in [4.69, 9.17) is 40.1 Å². The van der Waals surface area contributed by atoms with E-state index in [1.54, 1.807) is 0 Å². The molecule has 0 N–H and O–H groups in total. The molecule has 1 saturated carbocycles. The third-order valence-electron chi connectivity index (χ3n) is 5.21. The number of hydrogen-bond donors (Lipinski definition) is 0. The lowest BCUT2D eigenvalue weighted by molar-refractivity contribution is -0.298. The van der Waals surface area contributed by atoms with Crippen molar-refractivity contribution in [2.75, 3.05) is 6.61 Å². The largest absolute Gasteiger partial charge is 0.462 e. The monoisotopic (exact) mass is 461 g/mol.